The molecule has 0 N–H and O–H groups in total. The summed E-state index contributed by atoms with van der Waals surface area (Å²) in [6.45, 7) is 9.15. The maximum atomic E-state index is 12.8. The van der Waals surface area contributed by atoms with Gasteiger partial charge in [-0.1, -0.05) is 5.16 Å². The van der Waals surface area contributed by atoms with Crippen molar-refractivity contribution in [2.24, 2.45) is 0 Å². The zero-order chi connectivity index (χ0) is 17.8. The lowest BCUT2D eigenvalue weighted by Gasteiger charge is -2.31. The average molecular weight is 343 g/mol. The Bertz CT molecular complexity index is 709. The van der Waals surface area contributed by atoms with Crippen molar-refractivity contribution < 1.29 is 9.32 Å². The van der Waals surface area contributed by atoms with Crippen LogP contribution in [-0.4, -0.2) is 52.1 Å². The second-order valence-electron chi connectivity index (χ2n) is 6.35. The monoisotopic (exact) mass is 343 g/mol. The normalized spacial score (nSPS) is 17.6. The van der Waals surface area contributed by atoms with Crippen LogP contribution in [0.5, 0.6) is 0 Å². The molecule has 3 heterocycles. The van der Waals surface area contributed by atoms with Crippen molar-refractivity contribution >= 4 is 11.7 Å². The minimum atomic E-state index is 0.0135. The number of nitrogens with zero attached hydrogens (tertiary/aromatic N) is 5. The van der Waals surface area contributed by atoms with Crippen molar-refractivity contribution in [3.05, 3.63) is 35.6 Å². The average Bonchev–Trinajstić information content (AvgIpc) is 3.09. The van der Waals surface area contributed by atoms with E-state index in [1.165, 1.54) is 0 Å². The van der Waals surface area contributed by atoms with Gasteiger partial charge in [0.1, 0.15) is 5.82 Å². The second-order valence-corrected chi connectivity index (χ2v) is 6.35. The van der Waals surface area contributed by atoms with Crippen LogP contribution in [0.3, 0.4) is 0 Å². The van der Waals surface area contributed by atoms with E-state index in [2.05, 4.69) is 33.9 Å². The van der Waals surface area contributed by atoms with Gasteiger partial charge in [-0.2, -0.15) is 4.98 Å². The van der Waals surface area contributed by atoms with Gasteiger partial charge >= 0.3 is 0 Å². The van der Waals surface area contributed by atoms with Gasteiger partial charge in [0.2, 0.25) is 5.89 Å². The van der Waals surface area contributed by atoms with E-state index < -0.39 is 0 Å². The predicted molar refractivity (Wildman–Crippen MR) is 94.7 cm³/mol. The first-order valence-corrected chi connectivity index (χ1v) is 8.92. The Hall–Kier alpha value is -2.44. The lowest BCUT2D eigenvalue weighted by atomic mass is 9.97. The molecule has 1 fully saturated rings. The van der Waals surface area contributed by atoms with Crippen LogP contribution in [0.4, 0.5) is 5.82 Å². The summed E-state index contributed by atoms with van der Waals surface area (Å²) in [5.41, 5.74) is 0.623. The molecule has 25 heavy (non-hydrogen) atoms. The molecule has 1 amide bonds. The summed E-state index contributed by atoms with van der Waals surface area (Å²) in [5.74, 6) is 2.29. The summed E-state index contributed by atoms with van der Waals surface area (Å²) < 4.78 is 5.29. The molecule has 7 nitrogen and oxygen atoms in total. The Kier molecular flexibility index (Phi) is 5.31. The fourth-order valence-electron chi connectivity index (χ4n) is 3.27. The Morgan fingerprint density at radius 3 is 2.76 bits per heavy atom. The molecule has 1 saturated heterocycles. The molecule has 0 radical (unpaired) electrons. The molecule has 1 aliphatic heterocycles. The molecular weight excluding hydrogens is 318 g/mol. The minimum absolute atomic E-state index is 0.0135. The largest absolute Gasteiger partial charge is 0.357 e. The number of likely N-dealkylation sites (tertiary alicyclic amines) is 1. The van der Waals surface area contributed by atoms with Gasteiger partial charge < -0.3 is 14.3 Å². The third-order valence-corrected chi connectivity index (χ3v) is 4.68. The minimum Gasteiger partial charge on any atom is -0.357 e. The first kappa shape index (κ1) is 17.4. The van der Waals surface area contributed by atoms with Crippen LogP contribution >= 0.6 is 0 Å². The number of aryl methyl sites for hydroxylation is 1. The zero-order valence-electron chi connectivity index (χ0n) is 15.1. The fraction of sp³-hybridized carbons (Fsp3) is 0.556. The van der Waals surface area contributed by atoms with Gasteiger partial charge in [-0.3, -0.25) is 4.79 Å². The lowest BCUT2D eigenvalue weighted by molar-refractivity contribution is 0.0695. The number of hydrogen-bond acceptors (Lipinski definition) is 6. The molecule has 2 aromatic rings. The summed E-state index contributed by atoms with van der Waals surface area (Å²) in [5, 5.41) is 3.86. The van der Waals surface area contributed by atoms with Crippen LogP contribution in [0.15, 0.2) is 22.9 Å². The fourth-order valence-corrected chi connectivity index (χ4v) is 3.27. The van der Waals surface area contributed by atoms with Gasteiger partial charge in [0, 0.05) is 32.4 Å². The highest BCUT2D eigenvalue weighted by atomic mass is 16.5. The molecule has 1 atom stereocenters. The van der Waals surface area contributed by atoms with Gasteiger partial charge in [0.05, 0.1) is 11.5 Å². The lowest BCUT2D eigenvalue weighted by Crippen LogP contribution is -2.39. The molecule has 134 valence electrons. The van der Waals surface area contributed by atoms with Crippen LogP contribution in [0.25, 0.3) is 0 Å². The maximum Gasteiger partial charge on any atom is 0.255 e. The summed E-state index contributed by atoms with van der Waals surface area (Å²) in [6, 6.07) is 3.78. The first-order chi connectivity index (χ1) is 12.1. The van der Waals surface area contributed by atoms with Crippen LogP contribution in [0.2, 0.25) is 0 Å². The maximum absolute atomic E-state index is 12.8. The molecular formula is C18H25N5O2. The van der Waals surface area contributed by atoms with E-state index in [1.54, 1.807) is 6.20 Å². The van der Waals surface area contributed by atoms with Gasteiger partial charge in [-0.15, -0.1) is 0 Å². The quantitative estimate of drug-likeness (QED) is 0.831. The van der Waals surface area contributed by atoms with Crippen molar-refractivity contribution in [1.29, 1.82) is 0 Å². The van der Waals surface area contributed by atoms with E-state index in [0.717, 1.165) is 38.3 Å². The molecule has 0 aromatic carbocycles. The Morgan fingerprint density at radius 2 is 2.16 bits per heavy atom. The molecule has 0 saturated carbocycles. The smallest absolute Gasteiger partial charge is 0.255 e. The SMILES string of the molecule is CCN(CC)c1ccc(C(=O)N2CCCC(c3nc(C)no3)C2)cn1. The highest BCUT2D eigenvalue weighted by Gasteiger charge is 2.29. The van der Waals surface area contributed by atoms with Crippen molar-refractivity contribution in [2.75, 3.05) is 31.1 Å². The standard InChI is InChI=1S/C18H25N5O2/c1-4-22(5-2)16-9-8-14(11-19-16)18(24)23-10-6-7-15(12-23)17-20-13(3)21-25-17/h8-9,11,15H,4-7,10,12H2,1-3H3. The van der Waals surface area contributed by atoms with Crippen molar-refractivity contribution in [3.8, 4) is 0 Å². The molecule has 0 bridgehead atoms. The van der Waals surface area contributed by atoms with Gasteiger partial charge in [0.25, 0.3) is 5.91 Å². The molecule has 0 aliphatic carbocycles. The van der Waals surface area contributed by atoms with E-state index in [-0.39, 0.29) is 11.8 Å². The van der Waals surface area contributed by atoms with Gasteiger partial charge in [-0.05, 0) is 45.7 Å². The van der Waals surface area contributed by atoms with E-state index >= 15 is 0 Å². The number of amides is 1. The number of carbonyl (C=O) groups is 1. The molecule has 1 unspecified atom stereocenters. The Labute approximate surface area is 148 Å². The van der Waals surface area contributed by atoms with Crippen LogP contribution in [0.1, 0.15) is 54.7 Å². The molecule has 7 heteroatoms. The summed E-state index contributed by atoms with van der Waals surface area (Å²) >= 11 is 0. The number of anilines is 1. The van der Waals surface area contributed by atoms with Crippen LogP contribution in [-0.2, 0) is 0 Å². The highest BCUT2D eigenvalue weighted by Crippen LogP contribution is 2.26. The third-order valence-electron chi connectivity index (χ3n) is 4.68. The van der Waals surface area contributed by atoms with Crippen molar-refractivity contribution in [2.45, 2.75) is 39.5 Å². The topological polar surface area (TPSA) is 75.4 Å². The molecule has 3 rings (SSSR count). The van der Waals surface area contributed by atoms with E-state index in [1.807, 2.05) is 24.0 Å². The Balaban J connectivity index is 1.69. The van der Waals surface area contributed by atoms with Crippen molar-refractivity contribution in [1.82, 2.24) is 20.0 Å². The number of aromatic nitrogens is 3. The number of piperidine rings is 1. The van der Waals surface area contributed by atoms with Gasteiger partial charge in [0.15, 0.2) is 5.82 Å². The van der Waals surface area contributed by atoms with Gasteiger partial charge in [-0.25, -0.2) is 4.98 Å². The van der Waals surface area contributed by atoms with Crippen molar-refractivity contribution in [3.63, 3.8) is 0 Å². The van der Waals surface area contributed by atoms with E-state index in [4.69, 9.17) is 4.52 Å². The number of pyridine rings is 1. The Morgan fingerprint density at radius 1 is 1.36 bits per heavy atom. The zero-order valence-corrected chi connectivity index (χ0v) is 15.1. The summed E-state index contributed by atoms with van der Waals surface area (Å²) in [7, 11) is 0. The third kappa shape index (κ3) is 3.81. The van der Waals surface area contributed by atoms with E-state index in [0.29, 0.717) is 23.8 Å². The first-order valence-electron chi connectivity index (χ1n) is 8.92. The molecule has 1 aliphatic rings. The molecule has 0 spiro atoms. The van der Waals surface area contributed by atoms with Crippen LogP contribution < -0.4 is 4.90 Å². The highest BCUT2D eigenvalue weighted by molar-refractivity contribution is 5.94. The number of rotatable bonds is 5. The second kappa shape index (κ2) is 7.63. The van der Waals surface area contributed by atoms with Crippen LogP contribution in [0, 0.1) is 6.92 Å². The predicted octanol–water partition coefficient (Wildman–Crippen LogP) is 2.64. The summed E-state index contributed by atoms with van der Waals surface area (Å²) in [4.78, 5) is 25.6. The number of hydrogen-bond donors (Lipinski definition) is 0. The number of carbonyl (C=O) groups excluding carboxylic acids is 1. The van der Waals surface area contributed by atoms with E-state index in [9.17, 15) is 4.79 Å². The molecule has 2 aromatic heterocycles. The summed E-state index contributed by atoms with van der Waals surface area (Å²) in [6.07, 6.45) is 3.57.